The van der Waals surface area contributed by atoms with Crippen LogP contribution in [0, 0.1) is 6.92 Å². The van der Waals surface area contributed by atoms with Gasteiger partial charge in [0.15, 0.2) is 0 Å². The Morgan fingerprint density at radius 2 is 1.56 bits per heavy atom. The topological polar surface area (TPSA) is 34.7 Å². The second kappa shape index (κ2) is 8.31. The standard InChI is InChI=1S/C14H23N.H2O/c1-13-8-10-14(11-9-13)7-5-4-6-12-15(2)3;/h8-11H,4-7,12H2,1-3H3;1H2. The number of hydrogen-bond donors (Lipinski definition) is 0. The van der Waals surface area contributed by atoms with Crippen LogP contribution in [0.3, 0.4) is 0 Å². The lowest BCUT2D eigenvalue weighted by atomic mass is 10.1. The second-order valence-electron chi connectivity index (χ2n) is 4.60. The first-order valence-corrected chi connectivity index (χ1v) is 5.89. The molecule has 0 spiro atoms. The van der Waals surface area contributed by atoms with Crippen LogP contribution in [0.2, 0.25) is 0 Å². The summed E-state index contributed by atoms with van der Waals surface area (Å²) in [5, 5.41) is 0. The molecule has 0 aliphatic heterocycles. The molecule has 0 heterocycles. The van der Waals surface area contributed by atoms with E-state index < -0.39 is 0 Å². The molecule has 0 bridgehead atoms. The van der Waals surface area contributed by atoms with Crippen LogP contribution >= 0.6 is 0 Å². The summed E-state index contributed by atoms with van der Waals surface area (Å²) in [4.78, 5) is 2.26. The van der Waals surface area contributed by atoms with E-state index >= 15 is 0 Å². The highest BCUT2D eigenvalue weighted by Crippen LogP contribution is 2.08. The van der Waals surface area contributed by atoms with Gasteiger partial charge in [-0.1, -0.05) is 36.2 Å². The Labute approximate surface area is 99.6 Å². The van der Waals surface area contributed by atoms with Gasteiger partial charge in [0.25, 0.3) is 0 Å². The molecular formula is C14H25NO. The van der Waals surface area contributed by atoms with Crippen molar-refractivity contribution in [3.63, 3.8) is 0 Å². The van der Waals surface area contributed by atoms with Crippen molar-refractivity contribution in [2.24, 2.45) is 0 Å². The highest BCUT2D eigenvalue weighted by atomic mass is 16.0. The fraction of sp³-hybridized carbons (Fsp3) is 0.571. The van der Waals surface area contributed by atoms with Crippen molar-refractivity contribution in [2.75, 3.05) is 20.6 Å². The van der Waals surface area contributed by atoms with Crippen molar-refractivity contribution in [3.8, 4) is 0 Å². The van der Waals surface area contributed by atoms with Crippen LogP contribution in [0.15, 0.2) is 24.3 Å². The molecular weight excluding hydrogens is 198 g/mol. The van der Waals surface area contributed by atoms with Gasteiger partial charge in [-0.2, -0.15) is 0 Å². The fourth-order valence-electron chi connectivity index (χ4n) is 1.69. The quantitative estimate of drug-likeness (QED) is 0.682. The lowest BCUT2D eigenvalue weighted by molar-refractivity contribution is 0.391. The molecule has 1 aromatic rings. The van der Waals surface area contributed by atoms with E-state index in [1.54, 1.807) is 0 Å². The van der Waals surface area contributed by atoms with Crippen molar-refractivity contribution in [3.05, 3.63) is 35.4 Å². The molecule has 0 atom stereocenters. The monoisotopic (exact) mass is 223 g/mol. The minimum atomic E-state index is 0. The maximum Gasteiger partial charge on any atom is -0.00248 e. The van der Waals surface area contributed by atoms with Gasteiger partial charge in [-0.05, 0) is 52.4 Å². The molecule has 2 nitrogen and oxygen atoms in total. The highest BCUT2D eigenvalue weighted by Gasteiger charge is 1.94. The van der Waals surface area contributed by atoms with Gasteiger partial charge in [-0.15, -0.1) is 0 Å². The molecule has 2 heteroatoms. The number of rotatable bonds is 6. The predicted octanol–water partition coefficient (Wildman–Crippen LogP) is 2.44. The van der Waals surface area contributed by atoms with Gasteiger partial charge in [-0.3, -0.25) is 0 Å². The van der Waals surface area contributed by atoms with Crippen molar-refractivity contribution in [2.45, 2.75) is 32.6 Å². The Balaban J connectivity index is 0.00000225. The number of aryl methyl sites for hydroxylation is 2. The first-order valence-electron chi connectivity index (χ1n) is 5.89. The van der Waals surface area contributed by atoms with E-state index in [9.17, 15) is 0 Å². The van der Waals surface area contributed by atoms with E-state index in [-0.39, 0.29) is 5.48 Å². The van der Waals surface area contributed by atoms with Crippen LogP contribution in [-0.2, 0) is 6.42 Å². The van der Waals surface area contributed by atoms with Crippen LogP contribution in [0.1, 0.15) is 30.4 Å². The van der Waals surface area contributed by atoms with E-state index in [4.69, 9.17) is 0 Å². The number of nitrogens with zero attached hydrogens (tertiary/aromatic N) is 1. The van der Waals surface area contributed by atoms with Gasteiger partial charge in [0.05, 0.1) is 0 Å². The van der Waals surface area contributed by atoms with Crippen molar-refractivity contribution in [1.82, 2.24) is 4.90 Å². The van der Waals surface area contributed by atoms with Crippen LogP contribution in [-0.4, -0.2) is 31.0 Å². The molecule has 92 valence electrons. The average Bonchev–Trinajstić information content (AvgIpc) is 2.20. The molecule has 1 rings (SSSR count). The van der Waals surface area contributed by atoms with Gasteiger partial charge >= 0.3 is 0 Å². The number of unbranched alkanes of at least 4 members (excludes halogenated alkanes) is 2. The number of benzene rings is 1. The normalized spacial score (nSPS) is 10.2. The summed E-state index contributed by atoms with van der Waals surface area (Å²) >= 11 is 0. The Morgan fingerprint density at radius 1 is 0.938 bits per heavy atom. The van der Waals surface area contributed by atoms with Gasteiger partial charge in [0.1, 0.15) is 0 Å². The van der Waals surface area contributed by atoms with Crippen LogP contribution in [0.25, 0.3) is 0 Å². The largest absolute Gasteiger partial charge is 0.412 e. The summed E-state index contributed by atoms with van der Waals surface area (Å²) in [5.74, 6) is 0. The second-order valence-corrected chi connectivity index (χ2v) is 4.60. The first kappa shape index (κ1) is 15.1. The summed E-state index contributed by atoms with van der Waals surface area (Å²) in [6.07, 6.45) is 5.20. The zero-order chi connectivity index (χ0) is 11.1. The molecule has 1 aromatic carbocycles. The number of hydrogen-bond acceptors (Lipinski definition) is 1. The molecule has 0 saturated carbocycles. The summed E-state index contributed by atoms with van der Waals surface area (Å²) in [6.45, 7) is 3.36. The van der Waals surface area contributed by atoms with E-state index in [0.717, 1.165) is 0 Å². The molecule has 0 aliphatic rings. The molecule has 0 aromatic heterocycles. The van der Waals surface area contributed by atoms with Crippen molar-refractivity contribution < 1.29 is 5.48 Å². The van der Waals surface area contributed by atoms with Crippen LogP contribution in [0.4, 0.5) is 0 Å². The molecule has 0 aliphatic carbocycles. The zero-order valence-electron chi connectivity index (χ0n) is 10.8. The van der Waals surface area contributed by atoms with Gasteiger partial charge < -0.3 is 10.4 Å². The molecule has 0 radical (unpaired) electrons. The Kier molecular flexibility index (Phi) is 7.86. The molecule has 0 saturated heterocycles. The lowest BCUT2D eigenvalue weighted by Gasteiger charge is -2.08. The lowest BCUT2D eigenvalue weighted by Crippen LogP contribution is -2.12. The van der Waals surface area contributed by atoms with Gasteiger partial charge in [-0.25, -0.2) is 0 Å². The third-order valence-corrected chi connectivity index (χ3v) is 2.69. The van der Waals surface area contributed by atoms with Crippen molar-refractivity contribution in [1.29, 1.82) is 0 Å². The molecule has 0 amide bonds. The van der Waals surface area contributed by atoms with Gasteiger partial charge in [0.2, 0.25) is 0 Å². The smallest absolute Gasteiger partial charge is 0.00248 e. The summed E-state index contributed by atoms with van der Waals surface area (Å²) in [6, 6.07) is 8.91. The van der Waals surface area contributed by atoms with E-state index in [1.165, 1.54) is 43.4 Å². The van der Waals surface area contributed by atoms with Crippen LogP contribution < -0.4 is 0 Å². The summed E-state index contributed by atoms with van der Waals surface area (Å²) in [5.41, 5.74) is 2.83. The van der Waals surface area contributed by atoms with Crippen molar-refractivity contribution >= 4 is 0 Å². The predicted molar refractivity (Wildman–Crippen MR) is 70.9 cm³/mol. The summed E-state index contributed by atoms with van der Waals surface area (Å²) < 4.78 is 0. The minimum absolute atomic E-state index is 0. The molecule has 16 heavy (non-hydrogen) atoms. The third-order valence-electron chi connectivity index (χ3n) is 2.69. The SMILES string of the molecule is Cc1ccc(CCCCCN(C)C)cc1.O. The maximum atomic E-state index is 2.26. The minimum Gasteiger partial charge on any atom is -0.412 e. The third kappa shape index (κ3) is 6.59. The Morgan fingerprint density at radius 3 is 2.12 bits per heavy atom. The molecule has 0 unspecified atom stereocenters. The maximum absolute atomic E-state index is 2.26. The Hall–Kier alpha value is -0.860. The summed E-state index contributed by atoms with van der Waals surface area (Å²) in [7, 11) is 4.28. The van der Waals surface area contributed by atoms with Crippen LogP contribution in [0.5, 0.6) is 0 Å². The van der Waals surface area contributed by atoms with E-state index in [2.05, 4.69) is 50.2 Å². The van der Waals surface area contributed by atoms with E-state index in [0.29, 0.717) is 0 Å². The Bertz CT molecular complexity index is 267. The van der Waals surface area contributed by atoms with Gasteiger partial charge in [0, 0.05) is 0 Å². The molecule has 0 fully saturated rings. The highest BCUT2D eigenvalue weighted by molar-refractivity contribution is 5.21. The molecule has 2 N–H and O–H groups in total. The average molecular weight is 223 g/mol. The first-order chi connectivity index (χ1) is 7.18. The zero-order valence-corrected chi connectivity index (χ0v) is 10.8. The fourth-order valence-corrected chi connectivity index (χ4v) is 1.69. The van der Waals surface area contributed by atoms with E-state index in [1.807, 2.05) is 0 Å².